The Hall–Kier alpha value is -0.370. The summed E-state index contributed by atoms with van der Waals surface area (Å²) in [6.07, 6.45) is 6.89. The molecule has 100 valence electrons. The second kappa shape index (κ2) is 14.6. The van der Waals surface area contributed by atoms with Crippen LogP contribution in [0.15, 0.2) is 0 Å². The quantitative estimate of drug-likeness (QED) is 0.607. The number of hydrogen-bond donors (Lipinski definition) is 1. The highest BCUT2D eigenvalue weighted by molar-refractivity contribution is 5.80. The summed E-state index contributed by atoms with van der Waals surface area (Å²) in [7, 11) is 1.99. The van der Waals surface area contributed by atoms with Gasteiger partial charge in [0.05, 0.1) is 0 Å². The number of Topliss-reactive ketones (excluding diaryl/α,β-unsaturated/α-hetero) is 1. The molecular formula is C14H33NO. The second-order valence-electron chi connectivity index (χ2n) is 4.24. The molecule has 0 fully saturated rings. The molecule has 0 atom stereocenters. The van der Waals surface area contributed by atoms with Crippen molar-refractivity contribution >= 4 is 5.78 Å². The predicted molar refractivity (Wildman–Crippen MR) is 74.9 cm³/mol. The number of nitrogens with one attached hydrogen (secondary N) is 1. The van der Waals surface area contributed by atoms with Crippen molar-refractivity contribution in [3.8, 4) is 0 Å². The standard InChI is InChI=1S/C12H25NO.C2H6.H2/c1-11(2)12(14)9-7-5-4-6-8-10-13-3;1-2;/h11,13H,4-10H2,1-3H3;1-2H3;1H. The molecule has 0 aliphatic rings. The summed E-state index contributed by atoms with van der Waals surface area (Å²) in [6.45, 7) is 9.08. The lowest BCUT2D eigenvalue weighted by atomic mass is 10.0. The van der Waals surface area contributed by atoms with E-state index in [4.69, 9.17) is 0 Å². The summed E-state index contributed by atoms with van der Waals surface area (Å²) < 4.78 is 0. The largest absolute Gasteiger partial charge is 0.320 e. The van der Waals surface area contributed by atoms with Gasteiger partial charge >= 0.3 is 0 Å². The van der Waals surface area contributed by atoms with E-state index in [9.17, 15) is 4.79 Å². The molecule has 2 nitrogen and oxygen atoms in total. The van der Waals surface area contributed by atoms with Crippen LogP contribution in [-0.2, 0) is 4.79 Å². The molecule has 0 amide bonds. The smallest absolute Gasteiger partial charge is 0.135 e. The van der Waals surface area contributed by atoms with Crippen LogP contribution in [0.2, 0.25) is 0 Å². The van der Waals surface area contributed by atoms with Crippen molar-refractivity contribution in [2.75, 3.05) is 13.6 Å². The molecule has 0 aliphatic carbocycles. The molecule has 0 aromatic rings. The van der Waals surface area contributed by atoms with Crippen LogP contribution in [0.1, 0.15) is 67.6 Å². The fraction of sp³-hybridized carbons (Fsp3) is 0.929. The summed E-state index contributed by atoms with van der Waals surface area (Å²) in [5.41, 5.74) is 0. The minimum atomic E-state index is 0. The van der Waals surface area contributed by atoms with E-state index in [0.717, 1.165) is 19.4 Å². The van der Waals surface area contributed by atoms with Gasteiger partial charge in [-0.1, -0.05) is 47.0 Å². The zero-order valence-corrected chi connectivity index (χ0v) is 11.9. The van der Waals surface area contributed by atoms with E-state index in [-0.39, 0.29) is 7.34 Å². The van der Waals surface area contributed by atoms with Crippen molar-refractivity contribution in [2.45, 2.75) is 66.2 Å². The fourth-order valence-electron chi connectivity index (χ4n) is 1.42. The van der Waals surface area contributed by atoms with Gasteiger partial charge in [-0.3, -0.25) is 4.79 Å². The third-order valence-electron chi connectivity index (χ3n) is 2.49. The molecule has 0 saturated carbocycles. The minimum absolute atomic E-state index is 0. The molecule has 0 radical (unpaired) electrons. The van der Waals surface area contributed by atoms with Crippen LogP contribution in [0.3, 0.4) is 0 Å². The van der Waals surface area contributed by atoms with Gasteiger partial charge < -0.3 is 5.32 Å². The highest BCUT2D eigenvalue weighted by atomic mass is 16.1. The van der Waals surface area contributed by atoms with E-state index in [1.165, 1.54) is 25.7 Å². The summed E-state index contributed by atoms with van der Waals surface area (Å²) in [5, 5.41) is 3.14. The molecular weight excluding hydrogens is 198 g/mol. The van der Waals surface area contributed by atoms with Gasteiger partial charge in [0.2, 0.25) is 0 Å². The molecule has 0 saturated heterocycles. The van der Waals surface area contributed by atoms with E-state index in [0.29, 0.717) is 5.78 Å². The maximum Gasteiger partial charge on any atom is 0.135 e. The first-order valence-corrected chi connectivity index (χ1v) is 6.85. The third kappa shape index (κ3) is 13.6. The maximum absolute atomic E-state index is 11.3. The van der Waals surface area contributed by atoms with Gasteiger partial charge in [-0.25, -0.2) is 0 Å². The fourth-order valence-corrected chi connectivity index (χ4v) is 1.42. The third-order valence-corrected chi connectivity index (χ3v) is 2.49. The summed E-state index contributed by atoms with van der Waals surface area (Å²) >= 11 is 0. The average molecular weight is 231 g/mol. The van der Waals surface area contributed by atoms with E-state index in [2.05, 4.69) is 5.32 Å². The van der Waals surface area contributed by atoms with E-state index in [1.807, 2.05) is 34.7 Å². The molecule has 0 bridgehead atoms. The van der Waals surface area contributed by atoms with Crippen molar-refractivity contribution in [3.63, 3.8) is 0 Å². The van der Waals surface area contributed by atoms with Crippen molar-refractivity contribution in [2.24, 2.45) is 5.92 Å². The first-order valence-electron chi connectivity index (χ1n) is 6.85. The SMILES string of the molecule is CC.CNCCCCCCCC(=O)C(C)C.[HH]. The Balaban J connectivity index is -0.000000616. The minimum Gasteiger partial charge on any atom is -0.320 e. The van der Waals surface area contributed by atoms with Gasteiger partial charge in [-0.2, -0.15) is 0 Å². The van der Waals surface area contributed by atoms with Crippen LogP contribution in [0.4, 0.5) is 0 Å². The molecule has 16 heavy (non-hydrogen) atoms. The van der Waals surface area contributed by atoms with Crippen LogP contribution in [0, 0.1) is 5.92 Å². The van der Waals surface area contributed by atoms with Crippen LogP contribution in [-0.4, -0.2) is 19.4 Å². The molecule has 0 unspecified atom stereocenters. The number of rotatable bonds is 9. The lowest BCUT2D eigenvalue weighted by molar-refractivity contribution is -0.122. The first-order chi connectivity index (χ1) is 7.68. The lowest BCUT2D eigenvalue weighted by Gasteiger charge is -2.03. The lowest BCUT2D eigenvalue weighted by Crippen LogP contribution is -2.07. The first kappa shape index (κ1) is 18.0. The Morgan fingerprint density at radius 3 is 2.06 bits per heavy atom. The predicted octanol–water partition coefficient (Wildman–Crippen LogP) is 4.04. The number of carbonyl (C=O) groups excluding carboxylic acids is 1. The van der Waals surface area contributed by atoms with Crippen molar-refractivity contribution in [1.29, 1.82) is 0 Å². The van der Waals surface area contributed by atoms with Gasteiger partial charge in [-0.15, -0.1) is 0 Å². The molecule has 0 spiro atoms. The van der Waals surface area contributed by atoms with Gasteiger partial charge in [0.25, 0.3) is 0 Å². The second-order valence-corrected chi connectivity index (χ2v) is 4.24. The maximum atomic E-state index is 11.3. The molecule has 0 aromatic carbocycles. The number of unbranched alkanes of at least 4 members (excludes halogenated alkanes) is 4. The summed E-state index contributed by atoms with van der Waals surface area (Å²) in [5.74, 6) is 0.638. The van der Waals surface area contributed by atoms with Crippen LogP contribution >= 0.6 is 0 Å². The van der Waals surface area contributed by atoms with Gasteiger partial charge in [-0.05, 0) is 26.4 Å². The van der Waals surface area contributed by atoms with Gasteiger partial charge in [0.1, 0.15) is 5.78 Å². The highest BCUT2D eigenvalue weighted by Crippen LogP contribution is 2.08. The monoisotopic (exact) mass is 231 g/mol. The number of ketones is 1. The van der Waals surface area contributed by atoms with Crippen molar-refractivity contribution in [1.82, 2.24) is 5.32 Å². The molecule has 1 N–H and O–H groups in total. The number of carbonyl (C=O) groups is 1. The normalized spacial score (nSPS) is 9.88. The van der Waals surface area contributed by atoms with Crippen molar-refractivity contribution in [3.05, 3.63) is 0 Å². The van der Waals surface area contributed by atoms with Crippen LogP contribution in [0.5, 0.6) is 0 Å². The Morgan fingerprint density at radius 1 is 1.06 bits per heavy atom. The molecule has 0 aromatic heterocycles. The average Bonchev–Trinajstić information content (AvgIpc) is 2.30. The van der Waals surface area contributed by atoms with Gasteiger partial charge in [0.15, 0.2) is 0 Å². The van der Waals surface area contributed by atoms with E-state index in [1.54, 1.807) is 0 Å². The Morgan fingerprint density at radius 2 is 1.56 bits per heavy atom. The molecule has 0 aliphatic heterocycles. The zero-order valence-electron chi connectivity index (χ0n) is 11.9. The van der Waals surface area contributed by atoms with Crippen LogP contribution in [0.25, 0.3) is 0 Å². The Bertz CT molecular complexity index is 149. The van der Waals surface area contributed by atoms with Gasteiger partial charge in [0, 0.05) is 13.8 Å². The zero-order chi connectivity index (χ0) is 12.8. The van der Waals surface area contributed by atoms with E-state index >= 15 is 0 Å². The molecule has 0 rings (SSSR count). The number of hydrogen-bond acceptors (Lipinski definition) is 2. The molecule has 2 heteroatoms. The summed E-state index contributed by atoms with van der Waals surface area (Å²) in [4.78, 5) is 11.3. The topological polar surface area (TPSA) is 29.1 Å². The summed E-state index contributed by atoms with van der Waals surface area (Å²) in [6, 6.07) is 0. The van der Waals surface area contributed by atoms with E-state index < -0.39 is 0 Å². The van der Waals surface area contributed by atoms with Crippen molar-refractivity contribution < 1.29 is 6.22 Å². The molecule has 0 heterocycles. The highest BCUT2D eigenvalue weighted by Gasteiger charge is 2.05. The Labute approximate surface area is 104 Å². The van der Waals surface area contributed by atoms with Crippen LogP contribution < -0.4 is 5.32 Å². The Kier molecular flexibility index (Phi) is 16.5.